The van der Waals surface area contributed by atoms with Crippen molar-refractivity contribution in [2.75, 3.05) is 0 Å². The smallest absolute Gasteiger partial charge is 0.165 e. The molecule has 0 radical (unpaired) electrons. The quantitative estimate of drug-likeness (QED) is 0.881. The molecule has 0 amide bonds. The Morgan fingerprint density at radius 3 is 2.68 bits per heavy atom. The van der Waals surface area contributed by atoms with Crippen LogP contribution in [0.1, 0.15) is 23.5 Å². The van der Waals surface area contributed by atoms with Crippen molar-refractivity contribution in [2.24, 2.45) is 0 Å². The summed E-state index contributed by atoms with van der Waals surface area (Å²) in [6.45, 7) is 0.498. The lowest BCUT2D eigenvalue weighted by Gasteiger charge is -2.07. The summed E-state index contributed by atoms with van der Waals surface area (Å²) < 4.78 is 13.2. The van der Waals surface area contributed by atoms with E-state index < -0.39 is 5.82 Å². The highest BCUT2D eigenvalue weighted by Gasteiger charge is 2.37. The molecule has 0 bridgehead atoms. The molecule has 98 valence electrons. The summed E-state index contributed by atoms with van der Waals surface area (Å²) in [4.78, 5) is 0. The molecule has 1 saturated carbocycles. The first kappa shape index (κ1) is 12.2. The SMILES string of the molecule is Oc1c(F)cccc1CNC1CC1c1ccccc1. The van der Waals surface area contributed by atoms with Gasteiger partial charge in [0.15, 0.2) is 11.6 Å². The summed E-state index contributed by atoms with van der Waals surface area (Å²) in [5.41, 5.74) is 1.95. The van der Waals surface area contributed by atoms with E-state index in [0.717, 1.165) is 6.42 Å². The highest BCUT2D eigenvalue weighted by atomic mass is 19.1. The van der Waals surface area contributed by atoms with Crippen molar-refractivity contribution in [3.05, 3.63) is 65.5 Å². The molecule has 1 aliphatic rings. The number of halogens is 1. The molecule has 1 aliphatic carbocycles. The van der Waals surface area contributed by atoms with Gasteiger partial charge >= 0.3 is 0 Å². The molecule has 2 aromatic carbocycles. The van der Waals surface area contributed by atoms with Crippen molar-refractivity contribution in [2.45, 2.75) is 24.9 Å². The van der Waals surface area contributed by atoms with E-state index in [0.29, 0.717) is 24.1 Å². The summed E-state index contributed by atoms with van der Waals surface area (Å²) in [7, 11) is 0. The topological polar surface area (TPSA) is 32.3 Å². The molecular formula is C16H16FNO. The number of aromatic hydroxyl groups is 1. The standard InChI is InChI=1S/C16H16FNO/c17-14-8-4-7-12(16(14)19)10-18-15-9-13(15)11-5-2-1-3-6-11/h1-8,13,15,18-19H,9-10H2. The fraction of sp³-hybridized carbons (Fsp3) is 0.250. The highest BCUT2D eigenvalue weighted by molar-refractivity contribution is 5.34. The summed E-state index contributed by atoms with van der Waals surface area (Å²) in [6, 6.07) is 15.4. The minimum absolute atomic E-state index is 0.244. The lowest BCUT2D eigenvalue weighted by atomic mass is 10.1. The first-order valence-electron chi connectivity index (χ1n) is 6.50. The van der Waals surface area contributed by atoms with Gasteiger partial charge in [0.05, 0.1) is 0 Å². The number of hydrogen-bond acceptors (Lipinski definition) is 2. The van der Waals surface area contributed by atoms with Crippen LogP contribution in [-0.2, 0) is 6.54 Å². The van der Waals surface area contributed by atoms with Crippen molar-refractivity contribution < 1.29 is 9.50 Å². The third-order valence-corrected chi connectivity index (χ3v) is 3.64. The Bertz CT molecular complexity index is 570. The molecule has 2 unspecified atom stereocenters. The molecule has 0 aromatic heterocycles. The van der Waals surface area contributed by atoms with Crippen LogP contribution in [0.3, 0.4) is 0 Å². The maximum absolute atomic E-state index is 13.2. The Hall–Kier alpha value is -1.87. The summed E-state index contributed by atoms with van der Waals surface area (Å²) in [6.07, 6.45) is 1.10. The van der Waals surface area contributed by atoms with Crippen molar-refractivity contribution in [1.82, 2.24) is 5.32 Å². The minimum atomic E-state index is -0.560. The predicted molar refractivity (Wildman–Crippen MR) is 72.5 cm³/mol. The van der Waals surface area contributed by atoms with Gasteiger partial charge in [-0.05, 0) is 18.1 Å². The van der Waals surface area contributed by atoms with Crippen LogP contribution in [0.25, 0.3) is 0 Å². The Kier molecular flexibility index (Phi) is 3.22. The van der Waals surface area contributed by atoms with Gasteiger partial charge in [-0.25, -0.2) is 4.39 Å². The first-order chi connectivity index (χ1) is 9.25. The average Bonchev–Trinajstić information content (AvgIpc) is 3.21. The zero-order chi connectivity index (χ0) is 13.2. The second kappa shape index (κ2) is 5.02. The number of phenols is 1. The van der Waals surface area contributed by atoms with Crippen LogP contribution in [0, 0.1) is 5.82 Å². The summed E-state index contributed by atoms with van der Waals surface area (Å²) in [5.74, 6) is -0.265. The van der Waals surface area contributed by atoms with Gasteiger partial charge in [0.2, 0.25) is 0 Å². The van der Waals surface area contributed by atoms with Gasteiger partial charge in [0.1, 0.15) is 0 Å². The minimum Gasteiger partial charge on any atom is -0.505 e. The molecule has 0 saturated heterocycles. The zero-order valence-corrected chi connectivity index (χ0v) is 10.5. The fourth-order valence-corrected chi connectivity index (χ4v) is 2.43. The molecule has 3 rings (SSSR count). The van der Waals surface area contributed by atoms with Crippen molar-refractivity contribution in [3.63, 3.8) is 0 Å². The molecule has 2 atom stereocenters. The monoisotopic (exact) mass is 257 g/mol. The number of hydrogen-bond donors (Lipinski definition) is 2. The number of benzene rings is 2. The average molecular weight is 257 g/mol. The van der Waals surface area contributed by atoms with Crippen molar-refractivity contribution in [1.29, 1.82) is 0 Å². The van der Waals surface area contributed by atoms with Crippen LogP contribution in [-0.4, -0.2) is 11.1 Å². The van der Waals surface area contributed by atoms with Gasteiger partial charge < -0.3 is 10.4 Å². The van der Waals surface area contributed by atoms with Gasteiger partial charge in [-0.2, -0.15) is 0 Å². The number of para-hydroxylation sites is 1. The molecule has 19 heavy (non-hydrogen) atoms. The first-order valence-corrected chi connectivity index (χ1v) is 6.50. The third-order valence-electron chi connectivity index (χ3n) is 3.64. The van der Waals surface area contributed by atoms with Crippen molar-refractivity contribution >= 4 is 0 Å². The van der Waals surface area contributed by atoms with Crippen LogP contribution in [0.4, 0.5) is 4.39 Å². The molecule has 2 aromatic rings. The van der Waals surface area contributed by atoms with E-state index in [1.165, 1.54) is 11.6 Å². The van der Waals surface area contributed by atoms with Crippen molar-refractivity contribution in [3.8, 4) is 5.75 Å². The maximum atomic E-state index is 13.2. The normalized spacial score (nSPS) is 21.3. The van der Waals surface area contributed by atoms with Crippen LogP contribution in [0.5, 0.6) is 5.75 Å². The molecule has 0 aliphatic heterocycles. The van der Waals surface area contributed by atoms with Crippen LogP contribution >= 0.6 is 0 Å². The van der Waals surface area contributed by atoms with E-state index in [1.807, 2.05) is 18.2 Å². The van der Waals surface area contributed by atoms with Gasteiger partial charge in [-0.15, -0.1) is 0 Å². The molecule has 2 nitrogen and oxygen atoms in total. The van der Waals surface area contributed by atoms with Gasteiger partial charge in [0.25, 0.3) is 0 Å². The summed E-state index contributed by atoms with van der Waals surface area (Å²) >= 11 is 0. The molecule has 3 heteroatoms. The fourth-order valence-electron chi connectivity index (χ4n) is 2.43. The number of phenolic OH excluding ortho intramolecular Hbond substituents is 1. The largest absolute Gasteiger partial charge is 0.505 e. The van der Waals surface area contributed by atoms with Gasteiger partial charge in [-0.3, -0.25) is 0 Å². The Balaban J connectivity index is 1.59. The molecule has 1 fully saturated rings. The molecule has 0 heterocycles. The summed E-state index contributed by atoms with van der Waals surface area (Å²) in [5, 5.41) is 13.0. The third kappa shape index (κ3) is 2.61. The molecule has 2 N–H and O–H groups in total. The van der Waals surface area contributed by atoms with Gasteiger partial charge in [0, 0.05) is 24.1 Å². The van der Waals surface area contributed by atoms with Gasteiger partial charge in [-0.1, -0.05) is 42.5 Å². The lowest BCUT2D eigenvalue weighted by Crippen LogP contribution is -2.17. The Morgan fingerprint density at radius 1 is 1.11 bits per heavy atom. The zero-order valence-electron chi connectivity index (χ0n) is 10.5. The van der Waals surface area contributed by atoms with E-state index in [-0.39, 0.29) is 5.75 Å². The van der Waals surface area contributed by atoms with Crippen LogP contribution in [0.2, 0.25) is 0 Å². The lowest BCUT2D eigenvalue weighted by molar-refractivity contribution is 0.423. The Morgan fingerprint density at radius 2 is 1.89 bits per heavy atom. The van der Waals surface area contributed by atoms with Crippen LogP contribution < -0.4 is 5.32 Å². The van der Waals surface area contributed by atoms with E-state index in [2.05, 4.69) is 17.4 Å². The highest BCUT2D eigenvalue weighted by Crippen LogP contribution is 2.40. The van der Waals surface area contributed by atoms with E-state index >= 15 is 0 Å². The van der Waals surface area contributed by atoms with E-state index in [4.69, 9.17) is 0 Å². The second-order valence-corrected chi connectivity index (χ2v) is 4.99. The predicted octanol–water partition coefficient (Wildman–Crippen LogP) is 3.18. The molecule has 0 spiro atoms. The van der Waals surface area contributed by atoms with E-state index in [9.17, 15) is 9.50 Å². The van der Waals surface area contributed by atoms with E-state index in [1.54, 1.807) is 12.1 Å². The maximum Gasteiger partial charge on any atom is 0.165 e. The van der Waals surface area contributed by atoms with Crippen LogP contribution in [0.15, 0.2) is 48.5 Å². The second-order valence-electron chi connectivity index (χ2n) is 4.99. The molecular weight excluding hydrogens is 241 g/mol. The number of rotatable bonds is 4. The Labute approximate surface area is 111 Å². The number of nitrogens with one attached hydrogen (secondary N) is 1.